The Bertz CT molecular complexity index is 1500. The molecule has 0 fully saturated rings. The molecule has 0 spiro atoms. The minimum absolute atomic E-state index is 0.0317. The van der Waals surface area contributed by atoms with Crippen LogP contribution in [0.25, 0.3) is 11.3 Å². The Labute approximate surface area is 224 Å². The summed E-state index contributed by atoms with van der Waals surface area (Å²) in [6.07, 6.45) is 0. The van der Waals surface area contributed by atoms with E-state index in [0.29, 0.717) is 34.7 Å². The van der Waals surface area contributed by atoms with Crippen LogP contribution >= 0.6 is 11.3 Å². The molecule has 1 unspecified atom stereocenters. The number of anilines is 1. The fourth-order valence-corrected chi connectivity index (χ4v) is 5.00. The van der Waals surface area contributed by atoms with Crippen molar-refractivity contribution < 1.29 is 14.3 Å². The topological polar surface area (TPSA) is 110 Å². The first kappa shape index (κ1) is 25.5. The number of carbonyl (C=O) groups is 2. The lowest BCUT2D eigenvalue weighted by molar-refractivity contribution is -0.124. The largest absolute Gasteiger partial charge is 0.420 e. The summed E-state index contributed by atoms with van der Waals surface area (Å²) in [6.45, 7) is 8.25. The van der Waals surface area contributed by atoms with Crippen molar-refractivity contribution in [2.45, 2.75) is 33.6 Å². The minimum atomic E-state index is -0.896. The maximum Gasteiger partial charge on any atom is 0.253 e. The van der Waals surface area contributed by atoms with E-state index in [4.69, 9.17) is 9.72 Å². The lowest BCUT2D eigenvalue weighted by Crippen LogP contribution is -2.38. The lowest BCUT2D eigenvalue weighted by atomic mass is 9.70. The number of benzene rings is 1. The normalized spacial score (nSPS) is 14.2. The van der Waals surface area contributed by atoms with Gasteiger partial charge >= 0.3 is 0 Å². The monoisotopic (exact) mass is 528 g/mol. The summed E-state index contributed by atoms with van der Waals surface area (Å²) in [5, 5.41) is 11.1. The first-order valence-electron chi connectivity index (χ1n) is 12.3. The predicted octanol–water partition coefficient (Wildman–Crippen LogP) is 5.30. The summed E-state index contributed by atoms with van der Waals surface area (Å²) in [6, 6.07) is 15.1. The van der Waals surface area contributed by atoms with Gasteiger partial charge in [-0.3, -0.25) is 9.59 Å². The Kier molecular flexibility index (Phi) is 6.66. The van der Waals surface area contributed by atoms with E-state index in [1.54, 1.807) is 29.6 Å². The number of ether oxygens (including phenoxy) is 1. The second-order valence-corrected chi connectivity index (χ2v) is 10.6. The van der Waals surface area contributed by atoms with Gasteiger partial charge in [-0.2, -0.15) is 0 Å². The third-order valence-electron chi connectivity index (χ3n) is 6.87. The summed E-state index contributed by atoms with van der Waals surface area (Å²) in [4.78, 5) is 37.1. The molecule has 1 aromatic carbocycles. The van der Waals surface area contributed by atoms with Crippen molar-refractivity contribution >= 4 is 28.3 Å². The van der Waals surface area contributed by atoms with Gasteiger partial charge in [-0.1, -0.05) is 49.4 Å². The van der Waals surface area contributed by atoms with E-state index in [0.717, 1.165) is 22.4 Å². The van der Waals surface area contributed by atoms with E-state index in [9.17, 15) is 9.59 Å². The van der Waals surface area contributed by atoms with E-state index >= 15 is 0 Å². The molecule has 1 N–H and O–H groups in total. The number of rotatable bonds is 6. The van der Waals surface area contributed by atoms with Gasteiger partial charge in [0.2, 0.25) is 22.8 Å². The van der Waals surface area contributed by atoms with Gasteiger partial charge in [0.1, 0.15) is 5.51 Å². The maximum atomic E-state index is 13.5. The number of aryl methyl sites for hydroxylation is 1. The highest BCUT2D eigenvalue weighted by Crippen LogP contribution is 2.51. The summed E-state index contributed by atoms with van der Waals surface area (Å²) in [5.41, 5.74) is 5.24. The van der Waals surface area contributed by atoms with Crippen molar-refractivity contribution in [1.29, 1.82) is 0 Å². The summed E-state index contributed by atoms with van der Waals surface area (Å²) in [7, 11) is 1.78. The van der Waals surface area contributed by atoms with Crippen molar-refractivity contribution in [3.63, 3.8) is 0 Å². The van der Waals surface area contributed by atoms with Gasteiger partial charge in [0.15, 0.2) is 0 Å². The van der Waals surface area contributed by atoms with Crippen LogP contribution in [0, 0.1) is 12.3 Å². The van der Waals surface area contributed by atoms with Gasteiger partial charge in [-0.15, -0.1) is 10.2 Å². The van der Waals surface area contributed by atoms with Crippen molar-refractivity contribution in [2.75, 3.05) is 18.9 Å². The molecule has 194 valence electrons. The number of nitrogens with one attached hydrogen (secondary N) is 1. The van der Waals surface area contributed by atoms with Crippen LogP contribution in [-0.4, -0.2) is 50.5 Å². The van der Waals surface area contributed by atoms with E-state index in [1.165, 1.54) is 11.3 Å². The number of hydrogen-bond acceptors (Lipinski definition) is 8. The molecule has 9 nitrogen and oxygen atoms in total. The van der Waals surface area contributed by atoms with E-state index in [2.05, 4.69) is 20.5 Å². The molecule has 5 rings (SSSR count). The number of nitrogens with zero attached hydrogens (tertiary/aromatic N) is 5. The van der Waals surface area contributed by atoms with Gasteiger partial charge in [0.05, 0.1) is 11.1 Å². The molecule has 2 amide bonds. The lowest BCUT2D eigenvalue weighted by Gasteiger charge is -2.37. The van der Waals surface area contributed by atoms with Crippen LogP contribution in [0.2, 0.25) is 0 Å². The van der Waals surface area contributed by atoms with Crippen molar-refractivity contribution in [3.05, 3.63) is 76.4 Å². The molecule has 0 bridgehead atoms. The first-order valence-corrected chi connectivity index (χ1v) is 13.2. The Morgan fingerprint density at radius 2 is 1.71 bits per heavy atom. The highest BCUT2D eigenvalue weighted by molar-refractivity contribution is 7.13. The minimum Gasteiger partial charge on any atom is -0.420 e. The van der Waals surface area contributed by atoms with E-state index in [1.807, 2.05) is 64.1 Å². The molecule has 4 heterocycles. The molecule has 1 aliphatic heterocycles. The third-order valence-corrected chi connectivity index (χ3v) is 7.48. The van der Waals surface area contributed by atoms with Crippen LogP contribution < -0.4 is 10.1 Å². The zero-order valence-electron chi connectivity index (χ0n) is 21.8. The number of carbonyl (C=O) groups excluding carboxylic acids is 2. The molecule has 1 atom stereocenters. The standard InChI is InChI=1S/C28H28N6O3S/c1-6-34(5)25(35)18-10-8-17(9-11-18)21-14-13-20-22(28(3,4)26(36)32-27-33-29-15-38-27)19-12-7-16(2)30-23(19)37-24(20)31-21/h7-15,22H,6H2,1-5H3,(H,32,33,36). The SMILES string of the molecule is CCN(C)C(=O)c1ccc(-c2ccc3c(n2)Oc2nc(C)ccc2C3C(C)(C)C(=O)Nc2nncs2)cc1. The predicted molar refractivity (Wildman–Crippen MR) is 146 cm³/mol. The molecule has 0 saturated heterocycles. The van der Waals surface area contributed by atoms with E-state index < -0.39 is 5.41 Å². The van der Waals surface area contributed by atoms with Gasteiger partial charge < -0.3 is 15.0 Å². The molecule has 1 aliphatic rings. The maximum absolute atomic E-state index is 13.5. The number of fused-ring (bicyclic) bond motifs is 2. The van der Waals surface area contributed by atoms with Crippen LogP contribution in [-0.2, 0) is 4.79 Å². The van der Waals surface area contributed by atoms with Crippen molar-refractivity contribution in [3.8, 4) is 23.0 Å². The molecule has 0 radical (unpaired) electrons. The highest BCUT2D eigenvalue weighted by Gasteiger charge is 2.45. The molecule has 3 aromatic heterocycles. The molecule has 0 aliphatic carbocycles. The molecular weight excluding hydrogens is 500 g/mol. The Morgan fingerprint density at radius 1 is 1.03 bits per heavy atom. The Morgan fingerprint density at radius 3 is 2.37 bits per heavy atom. The van der Waals surface area contributed by atoms with Crippen molar-refractivity contribution in [2.24, 2.45) is 5.41 Å². The number of aromatic nitrogens is 4. The first-order chi connectivity index (χ1) is 18.2. The third kappa shape index (κ3) is 4.63. The fraction of sp³-hybridized carbons (Fsp3) is 0.286. The van der Waals surface area contributed by atoms with Gasteiger partial charge in [0, 0.05) is 47.5 Å². The zero-order chi connectivity index (χ0) is 27.0. The Hall–Kier alpha value is -4.18. The zero-order valence-corrected chi connectivity index (χ0v) is 22.7. The van der Waals surface area contributed by atoms with Crippen LogP contribution in [0.3, 0.4) is 0 Å². The van der Waals surface area contributed by atoms with Crippen LogP contribution in [0.4, 0.5) is 5.13 Å². The molecule has 10 heteroatoms. The fourth-order valence-electron chi connectivity index (χ4n) is 4.56. The number of amides is 2. The molecular formula is C28H28N6O3S. The summed E-state index contributed by atoms with van der Waals surface area (Å²) >= 11 is 1.26. The highest BCUT2D eigenvalue weighted by atomic mass is 32.1. The number of pyridine rings is 2. The second-order valence-electron chi connectivity index (χ2n) is 9.79. The quantitative estimate of drug-likeness (QED) is 0.362. The number of hydrogen-bond donors (Lipinski definition) is 1. The van der Waals surface area contributed by atoms with Crippen LogP contribution in [0.15, 0.2) is 54.0 Å². The summed E-state index contributed by atoms with van der Waals surface area (Å²) < 4.78 is 6.20. The smallest absolute Gasteiger partial charge is 0.253 e. The second kappa shape index (κ2) is 9.94. The average Bonchev–Trinajstić information content (AvgIpc) is 3.43. The average molecular weight is 529 g/mol. The van der Waals surface area contributed by atoms with Crippen molar-refractivity contribution in [1.82, 2.24) is 25.1 Å². The van der Waals surface area contributed by atoms with E-state index in [-0.39, 0.29) is 17.7 Å². The molecule has 0 saturated carbocycles. The van der Waals surface area contributed by atoms with Crippen LogP contribution in [0.5, 0.6) is 11.8 Å². The Balaban J connectivity index is 1.53. The molecule has 4 aromatic rings. The summed E-state index contributed by atoms with van der Waals surface area (Å²) in [5.74, 6) is 0.248. The van der Waals surface area contributed by atoms with Crippen LogP contribution in [0.1, 0.15) is 53.9 Å². The molecule has 38 heavy (non-hydrogen) atoms. The van der Waals surface area contributed by atoms with Gasteiger partial charge in [-0.05, 0) is 38.1 Å². The van der Waals surface area contributed by atoms with Gasteiger partial charge in [0.25, 0.3) is 5.91 Å². The van der Waals surface area contributed by atoms with Gasteiger partial charge in [-0.25, -0.2) is 9.97 Å².